The molecule has 2 aliphatic rings. The van der Waals surface area contributed by atoms with E-state index < -0.39 is 0 Å². The summed E-state index contributed by atoms with van der Waals surface area (Å²) < 4.78 is 20.6. The van der Waals surface area contributed by atoms with E-state index in [2.05, 4.69) is 27.6 Å². The molecule has 0 bridgehead atoms. The second kappa shape index (κ2) is 9.77. The fourth-order valence-corrected chi connectivity index (χ4v) is 4.81. The first-order valence-corrected chi connectivity index (χ1v) is 11.3. The van der Waals surface area contributed by atoms with E-state index in [0.29, 0.717) is 13.2 Å². The number of nitrogens with one attached hydrogen (secondary N) is 2. The minimum absolute atomic E-state index is 0.00323. The zero-order chi connectivity index (χ0) is 21.7. The second-order valence-electron chi connectivity index (χ2n) is 8.63. The van der Waals surface area contributed by atoms with Gasteiger partial charge in [-0.3, -0.25) is 4.99 Å². The Morgan fingerprint density at radius 1 is 1.29 bits per heavy atom. The molecule has 0 radical (unpaired) electrons. The van der Waals surface area contributed by atoms with E-state index in [4.69, 9.17) is 9.73 Å². The summed E-state index contributed by atoms with van der Waals surface area (Å²) in [5.74, 6) is 2.41. The van der Waals surface area contributed by atoms with Crippen molar-refractivity contribution in [2.45, 2.75) is 70.1 Å². The zero-order valence-electron chi connectivity index (χ0n) is 18.5. The number of rotatable bonds is 7. The zero-order valence-corrected chi connectivity index (χ0v) is 18.5. The van der Waals surface area contributed by atoms with E-state index in [1.54, 1.807) is 19.2 Å². The molecule has 0 saturated heterocycles. The fourth-order valence-electron chi connectivity index (χ4n) is 4.81. The van der Waals surface area contributed by atoms with Gasteiger partial charge >= 0.3 is 0 Å². The van der Waals surface area contributed by atoms with Crippen molar-refractivity contribution in [3.8, 4) is 0 Å². The molecule has 0 amide bonds. The van der Waals surface area contributed by atoms with Crippen molar-refractivity contribution >= 4 is 5.96 Å². The van der Waals surface area contributed by atoms with Crippen LogP contribution in [-0.4, -0.2) is 47.0 Å². The average Bonchev–Trinajstić information content (AvgIpc) is 3.40. The molecule has 1 aliphatic heterocycles. The number of benzene rings is 1. The maximum absolute atomic E-state index is 13.5. The molecule has 8 heteroatoms. The molecule has 1 atom stereocenters. The number of halogens is 1. The smallest absolute Gasteiger partial charge is 0.191 e. The summed E-state index contributed by atoms with van der Waals surface area (Å²) in [7, 11) is 1.66. The van der Waals surface area contributed by atoms with Crippen molar-refractivity contribution < 1.29 is 9.13 Å². The van der Waals surface area contributed by atoms with Crippen LogP contribution in [0.4, 0.5) is 4.39 Å². The summed E-state index contributed by atoms with van der Waals surface area (Å²) in [4.78, 5) is 9.54. The van der Waals surface area contributed by atoms with Crippen LogP contribution in [0.5, 0.6) is 0 Å². The third-order valence-electron chi connectivity index (χ3n) is 6.42. The van der Waals surface area contributed by atoms with E-state index in [9.17, 15) is 4.39 Å². The predicted octanol–water partition coefficient (Wildman–Crippen LogP) is 2.95. The monoisotopic (exact) mass is 428 g/mol. The van der Waals surface area contributed by atoms with Crippen LogP contribution >= 0.6 is 0 Å². The van der Waals surface area contributed by atoms with Gasteiger partial charge in [0.1, 0.15) is 18.2 Å². The SMILES string of the molecule is CCNC(=NCC1(c2ccc(F)cc2)CCCC1)NC1CCc2nc(COC)nn2C1. The summed E-state index contributed by atoms with van der Waals surface area (Å²) in [6.45, 7) is 4.78. The molecule has 1 saturated carbocycles. The highest BCUT2D eigenvalue weighted by atomic mass is 19.1. The highest BCUT2D eigenvalue weighted by Gasteiger charge is 2.35. The predicted molar refractivity (Wildman–Crippen MR) is 119 cm³/mol. The summed E-state index contributed by atoms with van der Waals surface area (Å²) >= 11 is 0. The third kappa shape index (κ3) is 5.06. The number of methoxy groups -OCH3 is 1. The van der Waals surface area contributed by atoms with Gasteiger partial charge in [0, 0.05) is 31.5 Å². The van der Waals surface area contributed by atoms with E-state index in [1.807, 2.05) is 16.8 Å². The summed E-state index contributed by atoms with van der Waals surface area (Å²) in [5.41, 5.74) is 1.19. The van der Waals surface area contributed by atoms with Crippen molar-refractivity contribution in [2.24, 2.45) is 4.99 Å². The van der Waals surface area contributed by atoms with Gasteiger partial charge in [0.2, 0.25) is 0 Å². The first-order valence-electron chi connectivity index (χ1n) is 11.3. The highest BCUT2D eigenvalue weighted by Crippen LogP contribution is 2.41. The number of aryl methyl sites for hydroxylation is 1. The minimum atomic E-state index is -0.186. The molecular weight excluding hydrogens is 395 g/mol. The second-order valence-corrected chi connectivity index (χ2v) is 8.63. The van der Waals surface area contributed by atoms with Gasteiger partial charge in [0.05, 0.1) is 13.1 Å². The van der Waals surface area contributed by atoms with E-state index in [0.717, 1.165) is 56.4 Å². The fraction of sp³-hybridized carbons (Fsp3) is 0.609. The van der Waals surface area contributed by atoms with E-state index in [1.165, 1.54) is 18.4 Å². The Kier molecular flexibility index (Phi) is 6.85. The molecular formula is C23H33FN6O. The molecule has 1 fully saturated rings. The first-order chi connectivity index (χ1) is 15.1. The maximum atomic E-state index is 13.5. The molecule has 1 aromatic carbocycles. The Hall–Kier alpha value is -2.48. The van der Waals surface area contributed by atoms with Crippen molar-refractivity contribution in [1.29, 1.82) is 0 Å². The maximum Gasteiger partial charge on any atom is 0.191 e. The number of aromatic nitrogens is 3. The molecule has 1 unspecified atom stereocenters. The number of hydrogen-bond donors (Lipinski definition) is 2. The van der Waals surface area contributed by atoms with Crippen LogP contribution in [-0.2, 0) is 29.7 Å². The lowest BCUT2D eigenvalue weighted by Crippen LogP contribution is -2.47. The molecule has 1 aliphatic carbocycles. The van der Waals surface area contributed by atoms with Crippen molar-refractivity contribution in [1.82, 2.24) is 25.4 Å². The lowest BCUT2D eigenvalue weighted by Gasteiger charge is -2.29. The standard InChI is InChI=1S/C23H33FN6O/c1-3-25-22(27-19-10-11-21-28-20(15-31-2)29-30(21)14-19)26-16-23(12-4-5-13-23)17-6-8-18(24)9-7-17/h6-9,19H,3-5,10-16H2,1-2H3,(H2,25,26,27). The summed E-state index contributed by atoms with van der Waals surface area (Å²) in [6, 6.07) is 7.24. The van der Waals surface area contributed by atoms with Gasteiger partial charge in [0.25, 0.3) is 0 Å². The van der Waals surface area contributed by atoms with Gasteiger partial charge in [-0.05, 0) is 43.9 Å². The Bertz CT molecular complexity index is 888. The number of fused-ring (bicyclic) bond motifs is 1. The molecule has 0 spiro atoms. The van der Waals surface area contributed by atoms with Gasteiger partial charge in [-0.25, -0.2) is 14.1 Å². The highest BCUT2D eigenvalue weighted by molar-refractivity contribution is 5.80. The number of nitrogens with zero attached hydrogens (tertiary/aromatic N) is 4. The van der Waals surface area contributed by atoms with Crippen molar-refractivity contribution in [3.63, 3.8) is 0 Å². The van der Waals surface area contributed by atoms with Crippen LogP contribution in [0, 0.1) is 5.82 Å². The third-order valence-corrected chi connectivity index (χ3v) is 6.42. The van der Waals surface area contributed by atoms with E-state index >= 15 is 0 Å². The molecule has 168 valence electrons. The first kappa shape index (κ1) is 21.7. The van der Waals surface area contributed by atoms with Crippen LogP contribution in [0.1, 0.15) is 56.2 Å². The molecule has 2 aromatic rings. The molecule has 2 heterocycles. The number of aliphatic imine (C=N–C) groups is 1. The molecule has 7 nitrogen and oxygen atoms in total. The summed E-state index contributed by atoms with van der Waals surface area (Å²) in [5, 5.41) is 11.6. The lowest BCUT2D eigenvalue weighted by atomic mass is 9.79. The minimum Gasteiger partial charge on any atom is -0.377 e. The largest absolute Gasteiger partial charge is 0.377 e. The van der Waals surface area contributed by atoms with Crippen molar-refractivity contribution in [2.75, 3.05) is 20.2 Å². The topological polar surface area (TPSA) is 76.4 Å². The Morgan fingerprint density at radius 2 is 2.06 bits per heavy atom. The molecule has 4 rings (SSSR count). The van der Waals surface area contributed by atoms with Gasteiger partial charge in [0.15, 0.2) is 11.8 Å². The van der Waals surface area contributed by atoms with Crippen molar-refractivity contribution in [3.05, 3.63) is 47.3 Å². The lowest BCUT2D eigenvalue weighted by molar-refractivity contribution is 0.177. The van der Waals surface area contributed by atoms with Crippen LogP contribution in [0.2, 0.25) is 0 Å². The van der Waals surface area contributed by atoms with Gasteiger partial charge < -0.3 is 15.4 Å². The Balaban J connectivity index is 1.46. The van der Waals surface area contributed by atoms with Crippen LogP contribution in [0.15, 0.2) is 29.3 Å². The molecule has 2 N–H and O–H groups in total. The summed E-state index contributed by atoms with van der Waals surface area (Å²) in [6.07, 6.45) is 6.44. The average molecular weight is 429 g/mol. The normalized spacial score (nSPS) is 20.5. The molecule has 1 aromatic heterocycles. The van der Waals surface area contributed by atoms with Gasteiger partial charge in [-0.15, -0.1) is 0 Å². The van der Waals surface area contributed by atoms with Crippen LogP contribution in [0.25, 0.3) is 0 Å². The Labute approximate surface area is 183 Å². The Morgan fingerprint density at radius 3 is 2.77 bits per heavy atom. The number of ether oxygens (including phenoxy) is 1. The molecule has 31 heavy (non-hydrogen) atoms. The quantitative estimate of drug-likeness (QED) is 0.524. The van der Waals surface area contributed by atoms with Gasteiger partial charge in [-0.2, -0.15) is 5.10 Å². The van der Waals surface area contributed by atoms with E-state index in [-0.39, 0.29) is 17.3 Å². The van der Waals surface area contributed by atoms with Crippen LogP contribution in [0.3, 0.4) is 0 Å². The van der Waals surface area contributed by atoms with Crippen LogP contribution < -0.4 is 10.6 Å². The van der Waals surface area contributed by atoms with Gasteiger partial charge in [-0.1, -0.05) is 25.0 Å². The number of guanidine groups is 1. The number of hydrogen-bond acceptors (Lipinski definition) is 4.